The molecular formula is C10H7FN2O. The van der Waals surface area contributed by atoms with Crippen molar-refractivity contribution in [2.45, 2.75) is 0 Å². The lowest BCUT2D eigenvalue weighted by atomic mass is 10.1. The summed E-state index contributed by atoms with van der Waals surface area (Å²) in [6, 6.07) is 3.74. The summed E-state index contributed by atoms with van der Waals surface area (Å²) in [5, 5.41) is 9.47. The van der Waals surface area contributed by atoms with Crippen LogP contribution in [-0.2, 0) is 0 Å². The minimum absolute atomic E-state index is 0.0150. The van der Waals surface area contributed by atoms with Gasteiger partial charge in [-0.15, -0.1) is 0 Å². The Hall–Kier alpha value is -1.97. The minimum atomic E-state index is -0.401. The number of phenols is 1. The maximum atomic E-state index is 12.9. The van der Waals surface area contributed by atoms with Crippen LogP contribution >= 0.6 is 0 Å². The molecule has 1 aromatic carbocycles. The predicted molar refractivity (Wildman–Crippen MR) is 49.1 cm³/mol. The molecule has 0 saturated heterocycles. The summed E-state index contributed by atoms with van der Waals surface area (Å²) in [4.78, 5) is 7.57. The predicted octanol–water partition coefficient (Wildman–Crippen LogP) is 1.99. The van der Waals surface area contributed by atoms with Crippen molar-refractivity contribution in [3.63, 3.8) is 0 Å². The Morgan fingerprint density at radius 2 is 1.86 bits per heavy atom. The molecule has 0 saturated carbocycles. The number of rotatable bonds is 1. The van der Waals surface area contributed by atoms with E-state index < -0.39 is 5.82 Å². The molecule has 0 aliphatic rings. The molecule has 0 unspecified atom stereocenters. The number of halogens is 1. The second-order valence-corrected chi connectivity index (χ2v) is 2.79. The third-order valence-corrected chi connectivity index (χ3v) is 1.83. The molecule has 1 aromatic heterocycles. The van der Waals surface area contributed by atoms with E-state index in [9.17, 15) is 9.50 Å². The summed E-state index contributed by atoms with van der Waals surface area (Å²) in [6.07, 6.45) is 4.41. The second kappa shape index (κ2) is 3.41. The van der Waals surface area contributed by atoms with Crippen LogP contribution in [0.5, 0.6) is 5.75 Å². The summed E-state index contributed by atoms with van der Waals surface area (Å²) >= 11 is 0. The first-order valence-electron chi connectivity index (χ1n) is 4.01. The van der Waals surface area contributed by atoms with Crippen LogP contribution in [0, 0.1) is 5.82 Å². The van der Waals surface area contributed by atoms with Gasteiger partial charge >= 0.3 is 0 Å². The van der Waals surface area contributed by atoms with Crippen LogP contribution < -0.4 is 0 Å². The lowest BCUT2D eigenvalue weighted by molar-refractivity contribution is 0.475. The van der Waals surface area contributed by atoms with E-state index in [1.165, 1.54) is 36.9 Å². The Morgan fingerprint density at radius 3 is 2.57 bits per heavy atom. The highest BCUT2D eigenvalue weighted by Gasteiger charge is 2.05. The van der Waals surface area contributed by atoms with E-state index in [2.05, 4.69) is 9.97 Å². The third-order valence-electron chi connectivity index (χ3n) is 1.83. The molecule has 0 fully saturated rings. The van der Waals surface area contributed by atoms with E-state index in [0.29, 0.717) is 11.1 Å². The number of phenolic OH excluding ortho intramolecular Hbond substituents is 1. The number of hydrogen-bond acceptors (Lipinski definition) is 3. The van der Waals surface area contributed by atoms with Crippen molar-refractivity contribution in [2.24, 2.45) is 0 Å². The Labute approximate surface area is 79.9 Å². The van der Waals surface area contributed by atoms with Crippen molar-refractivity contribution < 1.29 is 9.50 Å². The normalized spacial score (nSPS) is 10.1. The summed E-state index contributed by atoms with van der Waals surface area (Å²) in [5.74, 6) is -0.386. The number of benzene rings is 1. The number of hydrogen-bond donors (Lipinski definition) is 1. The average molecular weight is 190 g/mol. The smallest absolute Gasteiger partial charge is 0.124 e. The van der Waals surface area contributed by atoms with Crippen molar-refractivity contribution in [3.8, 4) is 16.9 Å². The first-order valence-corrected chi connectivity index (χ1v) is 4.01. The quantitative estimate of drug-likeness (QED) is 0.747. The van der Waals surface area contributed by atoms with Gasteiger partial charge in [-0.3, -0.25) is 0 Å². The van der Waals surface area contributed by atoms with Crippen LogP contribution in [0.1, 0.15) is 0 Å². The molecule has 2 aromatic rings. The molecule has 0 aliphatic carbocycles. The zero-order valence-electron chi connectivity index (χ0n) is 7.18. The lowest BCUT2D eigenvalue weighted by Crippen LogP contribution is -1.84. The van der Waals surface area contributed by atoms with Gasteiger partial charge in [0.2, 0.25) is 0 Å². The van der Waals surface area contributed by atoms with Gasteiger partial charge in [0.05, 0.1) is 0 Å². The summed E-state index contributed by atoms with van der Waals surface area (Å²) in [6.45, 7) is 0. The Bertz CT molecular complexity index is 445. The molecule has 1 N–H and O–H groups in total. The summed E-state index contributed by atoms with van der Waals surface area (Å²) in [5.41, 5.74) is 0.982. The van der Waals surface area contributed by atoms with Gasteiger partial charge < -0.3 is 5.11 Å². The molecule has 0 radical (unpaired) electrons. The zero-order valence-corrected chi connectivity index (χ0v) is 7.18. The number of aromatic nitrogens is 2. The van der Waals surface area contributed by atoms with Crippen molar-refractivity contribution in [2.75, 3.05) is 0 Å². The molecule has 70 valence electrons. The fourth-order valence-electron chi connectivity index (χ4n) is 1.18. The molecule has 0 spiro atoms. The molecule has 14 heavy (non-hydrogen) atoms. The van der Waals surface area contributed by atoms with Crippen molar-refractivity contribution in [1.29, 1.82) is 0 Å². The van der Waals surface area contributed by atoms with Crippen LogP contribution in [0.15, 0.2) is 36.9 Å². The van der Waals surface area contributed by atoms with E-state index in [4.69, 9.17) is 0 Å². The van der Waals surface area contributed by atoms with E-state index in [0.717, 1.165) is 0 Å². The Kier molecular flexibility index (Phi) is 2.10. The monoisotopic (exact) mass is 190 g/mol. The van der Waals surface area contributed by atoms with Gasteiger partial charge in [0.15, 0.2) is 0 Å². The van der Waals surface area contributed by atoms with Gasteiger partial charge in [-0.25, -0.2) is 14.4 Å². The van der Waals surface area contributed by atoms with Crippen LogP contribution in [0.2, 0.25) is 0 Å². The molecule has 2 rings (SSSR count). The number of nitrogens with zero attached hydrogens (tertiary/aromatic N) is 2. The standard InChI is InChI=1S/C10H7FN2O/c11-8-1-2-10(14)9(3-8)7-4-12-6-13-5-7/h1-6,14H. The lowest BCUT2D eigenvalue weighted by Gasteiger charge is -2.02. The molecule has 3 nitrogen and oxygen atoms in total. The maximum Gasteiger partial charge on any atom is 0.124 e. The van der Waals surface area contributed by atoms with Crippen LogP contribution in [-0.4, -0.2) is 15.1 Å². The topological polar surface area (TPSA) is 46.0 Å². The van der Waals surface area contributed by atoms with E-state index in [1.807, 2.05) is 0 Å². The first kappa shape index (κ1) is 8.62. The van der Waals surface area contributed by atoms with Gasteiger partial charge in [-0.2, -0.15) is 0 Å². The fraction of sp³-hybridized carbons (Fsp3) is 0. The van der Waals surface area contributed by atoms with Crippen LogP contribution in [0.4, 0.5) is 4.39 Å². The average Bonchev–Trinajstić information content (AvgIpc) is 2.23. The van der Waals surface area contributed by atoms with E-state index >= 15 is 0 Å². The summed E-state index contributed by atoms with van der Waals surface area (Å²) < 4.78 is 12.9. The van der Waals surface area contributed by atoms with E-state index in [-0.39, 0.29) is 5.75 Å². The molecule has 0 aliphatic heterocycles. The second-order valence-electron chi connectivity index (χ2n) is 2.79. The highest BCUT2D eigenvalue weighted by atomic mass is 19.1. The fourth-order valence-corrected chi connectivity index (χ4v) is 1.18. The molecule has 0 bridgehead atoms. The van der Waals surface area contributed by atoms with Gasteiger partial charge in [0.1, 0.15) is 17.9 Å². The van der Waals surface area contributed by atoms with E-state index in [1.54, 1.807) is 0 Å². The molecule has 0 atom stereocenters. The van der Waals surface area contributed by atoms with Crippen LogP contribution in [0.3, 0.4) is 0 Å². The zero-order chi connectivity index (χ0) is 9.97. The van der Waals surface area contributed by atoms with Gasteiger partial charge in [-0.1, -0.05) is 0 Å². The number of aromatic hydroxyl groups is 1. The highest BCUT2D eigenvalue weighted by Crippen LogP contribution is 2.28. The van der Waals surface area contributed by atoms with Crippen molar-refractivity contribution in [1.82, 2.24) is 9.97 Å². The minimum Gasteiger partial charge on any atom is -0.507 e. The third kappa shape index (κ3) is 1.54. The van der Waals surface area contributed by atoms with Crippen molar-refractivity contribution >= 4 is 0 Å². The van der Waals surface area contributed by atoms with Gasteiger partial charge in [0, 0.05) is 23.5 Å². The first-order chi connectivity index (χ1) is 6.77. The summed E-state index contributed by atoms with van der Waals surface area (Å²) in [7, 11) is 0. The maximum absolute atomic E-state index is 12.9. The molecule has 0 amide bonds. The molecular weight excluding hydrogens is 183 g/mol. The van der Waals surface area contributed by atoms with Gasteiger partial charge in [0.25, 0.3) is 0 Å². The molecule has 4 heteroatoms. The SMILES string of the molecule is Oc1ccc(F)cc1-c1cncnc1. The highest BCUT2D eigenvalue weighted by molar-refractivity contribution is 5.68. The Morgan fingerprint density at radius 1 is 1.14 bits per heavy atom. The largest absolute Gasteiger partial charge is 0.507 e. The van der Waals surface area contributed by atoms with Crippen molar-refractivity contribution in [3.05, 3.63) is 42.7 Å². The van der Waals surface area contributed by atoms with Gasteiger partial charge in [-0.05, 0) is 18.2 Å². The van der Waals surface area contributed by atoms with Crippen LogP contribution in [0.25, 0.3) is 11.1 Å². The Balaban J connectivity index is 2.57. The molecule has 1 heterocycles.